The summed E-state index contributed by atoms with van der Waals surface area (Å²) in [6, 6.07) is 8.48. The number of anilines is 1. The second-order valence-corrected chi connectivity index (χ2v) is 5.97. The maximum Gasteiger partial charge on any atom is 0.285 e. The molecule has 0 atom stereocenters. The fourth-order valence-corrected chi connectivity index (χ4v) is 2.98. The van der Waals surface area contributed by atoms with Gasteiger partial charge in [0.05, 0.1) is 11.9 Å². The molecular formula is C16H19ClN4O. The predicted octanol–water partition coefficient (Wildman–Crippen LogP) is 2.05. The highest BCUT2D eigenvalue weighted by Crippen LogP contribution is 2.22. The summed E-state index contributed by atoms with van der Waals surface area (Å²) >= 11 is 6.07. The van der Waals surface area contributed by atoms with Crippen molar-refractivity contribution in [2.45, 2.75) is 13.5 Å². The normalized spacial score (nSPS) is 16.0. The largest absolute Gasteiger partial charge is 0.366 e. The zero-order chi connectivity index (χ0) is 15.5. The van der Waals surface area contributed by atoms with Crippen LogP contribution in [0.2, 0.25) is 5.02 Å². The van der Waals surface area contributed by atoms with E-state index < -0.39 is 0 Å². The Labute approximate surface area is 134 Å². The third-order valence-corrected chi connectivity index (χ3v) is 4.51. The Bertz CT molecular complexity index is 707. The molecule has 0 bridgehead atoms. The average molecular weight is 319 g/mol. The summed E-state index contributed by atoms with van der Waals surface area (Å²) < 4.78 is 0. The van der Waals surface area contributed by atoms with Gasteiger partial charge in [-0.15, -0.1) is 0 Å². The minimum Gasteiger partial charge on any atom is -0.366 e. The van der Waals surface area contributed by atoms with E-state index in [4.69, 9.17) is 11.6 Å². The summed E-state index contributed by atoms with van der Waals surface area (Å²) in [5, 5.41) is 6.42. The molecule has 0 spiro atoms. The lowest BCUT2D eigenvalue weighted by Gasteiger charge is -2.36. The molecule has 22 heavy (non-hydrogen) atoms. The van der Waals surface area contributed by atoms with Gasteiger partial charge in [-0.05, 0) is 18.1 Å². The van der Waals surface area contributed by atoms with Crippen molar-refractivity contribution < 1.29 is 0 Å². The molecule has 3 rings (SSSR count). The van der Waals surface area contributed by atoms with Gasteiger partial charge in [-0.25, -0.2) is 5.10 Å². The zero-order valence-electron chi connectivity index (χ0n) is 12.6. The van der Waals surface area contributed by atoms with E-state index in [-0.39, 0.29) is 10.6 Å². The molecule has 2 heterocycles. The molecule has 0 amide bonds. The Balaban J connectivity index is 1.64. The van der Waals surface area contributed by atoms with Crippen molar-refractivity contribution in [2.75, 3.05) is 31.1 Å². The van der Waals surface area contributed by atoms with E-state index in [0.29, 0.717) is 0 Å². The summed E-state index contributed by atoms with van der Waals surface area (Å²) in [5.41, 5.74) is 3.08. The van der Waals surface area contributed by atoms with Crippen molar-refractivity contribution in [3.05, 3.63) is 57.0 Å². The minimum absolute atomic E-state index is 0.224. The second-order valence-electron chi connectivity index (χ2n) is 5.59. The zero-order valence-corrected chi connectivity index (χ0v) is 13.3. The fourth-order valence-electron chi connectivity index (χ4n) is 2.77. The van der Waals surface area contributed by atoms with Crippen LogP contribution in [0, 0.1) is 6.92 Å². The fraction of sp³-hybridized carbons (Fsp3) is 0.375. The summed E-state index contributed by atoms with van der Waals surface area (Å²) in [6.45, 7) is 6.68. The lowest BCUT2D eigenvalue weighted by molar-refractivity contribution is 0.249. The average Bonchev–Trinajstić information content (AvgIpc) is 2.53. The van der Waals surface area contributed by atoms with E-state index in [2.05, 4.69) is 51.2 Å². The van der Waals surface area contributed by atoms with Crippen molar-refractivity contribution in [3.8, 4) is 0 Å². The summed E-state index contributed by atoms with van der Waals surface area (Å²) in [6.07, 6.45) is 1.63. The van der Waals surface area contributed by atoms with Crippen molar-refractivity contribution in [3.63, 3.8) is 0 Å². The highest BCUT2D eigenvalue weighted by atomic mass is 35.5. The number of nitrogens with one attached hydrogen (secondary N) is 1. The monoisotopic (exact) mass is 318 g/mol. The Morgan fingerprint density at radius 1 is 1.23 bits per heavy atom. The summed E-state index contributed by atoms with van der Waals surface area (Å²) in [5.74, 6) is 0. The van der Waals surface area contributed by atoms with Crippen LogP contribution in [0.5, 0.6) is 0 Å². The van der Waals surface area contributed by atoms with Crippen LogP contribution >= 0.6 is 11.6 Å². The van der Waals surface area contributed by atoms with E-state index in [1.807, 2.05) is 0 Å². The third-order valence-electron chi connectivity index (χ3n) is 4.15. The number of aromatic nitrogens is 2. The van der Waals surface area contributed by atoms with E-state index in [9.17, 15) is 4.79 Å². The number of piperazine rings is 1. The first-order valence-electron chi connectivity index (χ1n) is 7.40. The van der Waals surface area contributed by atoms with Gasteiger partial charge in [-0.1, -0.05) is 35.9 Å². The molecule has 1 N–H and O–H groups in total. The van der Waals surface area contributed by atoms with Crippen molar-refractivity contribution in [1.82, 2.24) is 15.1 Å². The van der Waals surface area contributed by atoms with Gasteiger partial charge in [0.15, 0.2) is 0 Å². The molecule has 6 heteroatoms. The standard InChI is InChI=1S/C16H19ClN4O/c1-12-4-2-3-5-13(12)11-20-6-8-21(9-7-20)14-10-18-19-16(22)15(14)17/h2-5,10H,6-9,11H2,1H3,(H,19,22). The van der Waals surface area contributed by atoms with Crippen LogP contribution in [0.3, 0.4) is 0 Å². The topological polar surface area (TPSA) is 52.2 Å². The first kappa shape index (κ1) is 15.1. The van der Waals surface area contributed by atoms with Gasteiger partial charge in [0, 0.05) is 32.7 Å². The molecule has 1 fully saturated rings. The van der Waals surface area contributed by atoms with Crippen LogP contribution < -0.4 is 10.5 Å². The number of aromatic amines is 1. The maximum atomic E-state index is 11.5. The van der Waals surface area contributed by atoms with E-state index in [0.717, 1.165) is 38.4 Å². The molecule has 2 aromatic rings. The van der Waals surface area contributed by atoms with E-state index in [1.165, 1.54) is 11.1 Å². The lowest BCUT2D eigenvalue weighted by atomic mass is 10.1. The van der Waals surface area contributed by atoms with Gasteiger partial charge >= 0.3 is 0 Å². The highest BCUT2D eigenvalue weighted by Gasteiger charge is 2.20. The van der Waals surface area contributed by atoms with Gasteiger partial charge in [-0.2, -0.15) is 5.10 Å². The number of aryl methyl sites for hydroxylation is 1. The quantitative estimate of drug-likeness (QED) is 0.941. The number of hydrogen-bond donors (Lipinski definition) is 1. The van der Waals surface area contributed by atoms with Gasteiger partial charge < -0.3 is 4.90 Å². The molecule has 1 aliphatic heterocycles. The predicted molar refractivity (Wildman–Crippen MR) is 88.5 cm³/mol. The second kappa shape index (κ2) is 6.50. The van der Waals surface area contributed by atoms with Gasteiger partial charge in [-0.3, -0.25) is 9.69 Å². The molecule has 1 aromatic carbocycles. The van der Waals surface area contributed by atoms with E-state index in [1.54, 1.807) is 6.20 Å². The first-order chi connectivity index (χ1) is 10.6. The Morgan fingerprint density at radius 2 is 1.95 bits per heavy atom. The van der Waals surface area contributed by atoms with Crippen LogP contribution in [0.25, 0.3) is 0 Å². The molecule has 1 aromatic heterocycles. The van der Waals surface area contributed by atoms with Crippen LogP contribution in [-0.2, 0) is 6.54 Å². The number of halogens is 1. The number of benzene rings is 1. The van der Waals surface area contributed by atoms with Crippen molar-refractivity contribution in [2.24, 2.45) is 0 Å². The van der Waals surface area contributed by atoms with Crippen LogP contribution in [0.4, 0.5) is 5.69 Å². The van der Waals surface area contributed by atoms with Crippen LogP contribution in [-0.4, -0.2) is 41.3 Å². The minimum atomic E-state index is -0.332. The van der Waals surface area contributed by atoms with Gasteiger partial charge in [0.25, 0.3) is 5.56 Å². The summed E-state index contributed by atoms with van der Waals surface area (Å²) in [4.78, 5) is 16.1. The number of rotatable bonds is 3. The van der Waals surface area contributed by atoms with E-state index >= 15 is 0 Å². The number of H-pyrrole nitrogens is 1. The summed E-state index contributed by atoms with van der Waals surface area (Å²) in [7, 11) is 0. The Hall–Kier alpha value is -1.85. The molecule has 116 valence electrons. The number of nitrogens with zero attached hydrogens (tertiary/aromatic N) is 3. The third kappa shape index (κ3) is 3.15. The van der Waals surface area contributed by atoms with Crippen molar-refractivity contribution in [1.29, 1.82) is 0 Å². The smallest absolute Gasteiger partial charge is 0.285 e. The number of hydrogen-bond acceptors (Lipinski definition) is 4. The molecule has 1 aliphatic rings. The van der Waals surface area contributed by atoms with Gasteiger partial charge in [0.1, 0.15) is 5.02 Å². The molecular weight excluding hydrogens is 300 g/mol. The highest BCUT2D eigenvalue weighted by molar-refractivity contribution is 6.32. The molecule has 1 saturated heterocycles. The van der Waals surface area contributed by atoms with Crippen LogP contribution in [0.1, 0.15) is 11.1 Å². The molecule has 0 aliphatic carbocycles. The molecule has 5 nitrogen and oxygen atoms in total. The lowest BCUT2D eigenvalue weighted by Crippen LogP contribution is -2.46. The Kier molecular flexibility index (Phi) is 4.45. The van der Waals surface area contributed by atoms with Gasteiger partial charge in [0.2, 0.25) is 0 Å². The van der Waals surface area contributed by atoms with Crippen LogP contribution in [0.15, 0.2) is 35.3 Å². The first-order valence-corrected chi connectivity index (χ1v) is 7.78. The SMILES string of the molecule is Cc1ccccc1CN1CCN(c2cn[nH]c(=O)c2Cl)CC1. The molecule has 0 saturated carbocycles. The van der Waals surface area contributed by atoms with Crippen molar-refractivity contribution >= 4 is 17.3 Å². The molecule has 0 radical (unpaired) electrons. The maximum absolute atomic E-state index is 11.5. The molecule has 0 unspecified atom stereocenters. The Morgan fingerprint density at radius 3 is 2.68 bits per heavy atom.